The van der Waals surface area contributed by atoms with Crippen LogP contribution in [0.25, 0.3) is 5.69 Å². The van der Waals surface area contributed by atoms with Crippen LogP contribution in [-0.4, -0.2) is 22.9 Å². The van der Waals surface area contributed by atoms with Gasteiger partial charge in [-0.3, -0.25) is 5.32 Å². The average Bonchev–Trinajstić information content (AvgIpc) is 2.82. The van der Waals surface area contributed by atoms with E-state index in [1.807, 2.05) is 44.2 Å². The van der Waals surface area contributed by atoms with E-state index >= 15 is 0 Å². The average molecular weight is 274 g/mol. The molecule has 1 heterocycles. The van der Waals surface area contributed by atoms with Crippen molar-refractivity contribution in [1.29, 1.82) is 0 Å². The molecule has 6 heteroatoms. The highest BCUT2D eigenvalue weighted by Crippen LogP contribution is 2.23. The number of nitrogens with one attached hydrogen (secondary N) is 1. The normalized spacial score (nSPS) is 10.6. The summed E-state index contributed by atoms with van der Waals surface area (Å²) in [6.07, 6.45) is 0. The third-order valence-electron chi connectivity index (χ3n) is 2.89. The maximum atomic E-state index is 11.1. The van der Waals surface area contributed by atoms with E-state index in [9.17, 15) is 4.79 Å². The number of rotatable bonds is 4. The van der Waals surface area contributed by atoms with Crippen LogP contribution in [0.5, 0.6) is 5.75 Å². The first-order valence-electron chi connectivity index (χ1n) is 6.32. The zero-order valence-electron chi connectivity index (χ0n) is 11.8. The second-order valence-corrected chi connectivity index (χ2v) is 4.71. The minimum Gasteiger partial charge on any atom is -0.497 e. The Labute approximate surface area is 117 Å². The van der Waals surface area contributed by atoms with Gasteiger partial charge in [-0.05, 0) is 30.2 Å². The largest absolute Gasteiger partial charge is 0.497 e. The lowest BCUT2D eigenvalue weighted by atomic mass is 10.1. The molecule has 2 rings (SSSR count). The van der Waals surface area contributed by atoms with Crippen molar-refractivity contribution in [3.63, 3.8) is 0 Å². The number of urea groups is 1. The van der Waals surface area contributed by atoms with Gasteiger partial charge in [-0.25, -0.2) is 9.48 Å². The van der Waals surface area contributed by atoms with Crippen molar-refractivity contribution in [2.24, 2.45) is 5.73 Å². The molecular formula is C14H18N4O2. The van der Waals surface area contributed by atoms with Gasteiger partial charge in [-0.1, -0.05) is 13.8 Å². The molecule has 106 valence electrons. The second kappa shape index (κ2) is 5.64. The first-order valence-corrected chi connectivity index (χ1v) is 6.32. The van der Waals surface area contributed by atoms with Gasteiger partial charge in [0.05, 0.1) is 18.5 Å². The van der Waals surface area contributed by atoms with Crippen LogP contribution in [0.4, 0.5) is 10.6 Å². The molecule has 0 saturated carbocycles. The predicted molar refractivity (Wildman–Crippen MR) is 77.4 cm³/mol. The monoisotopic (exact) mass is 274 g/mol. The predicted octanol–water partition coefficient (Wildman–Crippen LogP) is 2.49. The van der Waals surface area contributed by atoms with Crippen LogP contribution in [0.3, 0.4) is 0 Å². The van der Waals surface area contributed by atoms with Crippen molar-refractivity contribution in [3.8, 4) is 11.4 Å². The summed E-state index contributed by atoms with van der Waals surface area (Å²) in [4.78, 5) is 11.1. The van der Waals surface area contributed by atoms with Crippen LogP contribution in [0.15, 0.2) is 30.3 Å². The van der Waals surface area contributed by atoms with Crippen LogP contribution in [0.2, 0.25) is 0 Å². The number of nitrogens with two attached hydrogens (primary N) is 1. The summed E-state index contributed by atoms with van der Waals surface area (Å²) in [7, 11) is 1.61. The number of carbonyl (C=O) groups is 1. The third-order valence-corrected chi connectivity index (χ3v) is 2.89. The Morgan fingerprint density at radius 3 is 2.50 bits per heavy atom. The maximum absolute atomic E-state index is 11.1. The number of ether oxygens (including phenoxy) is 1. The maximum Gasteiger partial charge on any atom is 0.317 e. The molecule has 20 heavy (non-hydrogen) atoms. The highest BCUT2D eigenvalue weighted by atomic mass is 16.5. The Kier molecular flexibility index (Phi) is 3.93. The number of hydrogen-bond acceptors (Lipinski definition) is 3. The summed E-state index contributed by atoms with van der Waals surface area (Å²) in [5.41, 5.74) is 6.89. The number of anilines is 1. The number of carbonyl (C=O) groups excluding carboxylic acids is 1. The number of aromatic nitrogens is 2. The lowest BCUT2D eigenvalue weighted by Gasteiger charge is -2.08. The van der Waals surface area contributed by atoms with Crippen LogP contribution in [0.1, 0.15) is 25.5 Å². The number of hydrogen-bond donors (Lipinski definition) is 2. The molecule has 1 aromatic heterocycles. The fourth-order valence-corrected chi connectivity index (χ4v) is 1.82. The summed E-state index contributed by atoms with van der Waals surface area (Å²) in [6.45, 7) is 4.07. The molecule has 0 atom stereocenters. The summed E-state index contributed by atoms with van der Waals surface area (Å²) in [5, 5.41) is 7.08. The van der Waals surface area contributed by atoms with E-state index in [1.165, 1.54) is 0 Å². The van der Waals surface area contributed by atoms with Gasteiger partial charge in [0.1, 0.15) is 11.6 Å². The SMILES string of the molecule is COc1ccc(-n2nc(C(C)C)cc2NC(N)=O)cc1. The first-order chi connectivity index (χ1) is 9.51. The Hall–Kier alpha value is -2.50. The molecule has 0 aliphatic carbocycles. The van der Waals surface area contributed by atoms with Crippen molar-refractivity contribution in [1.82, 2.24) is 9.78 Å². The van der Waals surface area contributed by atoms with E-state index in [-0.39, 0.29) is 5.92 Å². The Morgan fingerprint density at radius 1 is 1.35 bits per heavy atom. The van der Waals surface area contributed by atoms with Gasteiger partial charge in [0.2, 0.25) is 0 Å². The molecule has 0 aliphatic heterocycles. The highest BCUT2D eigenvalue weighted by molar-refractivity contribution is 5.87. The van der Waals surface area contributed by atoms with E-state index in [1.54, 1.807) is 11.8 Å². The van der Waals surface area contributed by atoms with E-state index in [4.69, 9.17) is 10.5 Å². The molecule has 1 aromatic carbocycles. The molecule has 0 saturated heterocycles. The lowest BCUT2D eigenvalue weighted by molar-refractivity contribution is 0.259. The number of methoxy groups -OCH3 is 1. The highest BCUT2D eigenvalue weighted by Gasteiger charge is 2.13. The molecule has 0 radical (unpaired) electrons. The van der Waals surface area contributed by atoms with Gasteiger partial charge in [0.25, 0.3) is 0 Å². The van der Waals surface area contributed by atoms with Crippen LogP contribution < -0.4 is 15.8 Å². The van der Waals surface area contributed by atoms with Gasteiger partial charge in [0.15, 0.2) is 0 Å². The topological polar surface area (TPSA) is 82.2 Å². The van der Waals surface area contributed by atoms with Crippen LogP contribution in [0, 0.1) is 0 Å². The standard InChI is InChI=1S/C14H18N4O2/c1-9(2)12-8-13(16-14(15)19)18(17-12)10-4-6-11(20-3)7-5-10/h4-9H,1-3H3,(H3,15,16,19). The lowest BCUT2D eigenvalue weighted by Crippen LogP contribution is -2.21. The number of primary amides is 1. The Balaban J connectivity index is 2.43. The van der Waals surface area contributed by atoms with E-state index in [2.05, 4.69) is 10.4 Å². The Bertz CT molecular complexity index is 602. The van der Waals surface area contributed by atoms with Crippen molar-refractivity contribution in [2.75, 3.05) is 12.4 Å². The minimum absolute atomic E-state index is 0.253. The van der Waals surface area contributed by atoms with Gasteiger partial charge in [-0.2, -0.15) is 5.10 Å². The molecule has 3 N–H and O–H groups in total. The van der Waals surface area contributed by atoms with Gasteiger partial charge >= 0.3 is 6.03 Å². The quantitative estimate of drug-likeness (QED) is 0.898. The number of nitrogens with zero attached hydrogens (tertiary/aromatic N) is 2. The van der Waals surface area contributed by atoms with Gasteiger partial charge < -0.3 is 10.5 Å². The molecular weight excluding hydrogens is 256 g/mol. The zero-order chi connectivity index (χ0) is 14.7. The van der Waals surface area contributed by atoms with Gasteiger partial charge in [0, 0.05) is 6.07 Å². The number of benzene rings is 1. The smallest absolute Gasteiger partial charge is 0.317 e. The molecule has 2 aromatic rings. The van der Waals surface area contributed by atoms with Crippen molar-refractivity contribution >= 4 is 11.8 Å². The van der Waals surface area contributed by atoms with E-state index in [0.717, 1.165) is 17.1 Å². The molecule has 0 aliphatic rings. The van der Waals surface area contributed by atoms with Crippen LogP contribution >= 0.6 is 0 Å². The first kappa shape index (κ1) is 13.9. The zero-order valence-corrected chi connectivity index (χ0v) is 11.8. The molecule has 0 bridgehead atoms. The van der Waals surface area contributed by atoms with E-state index < -0.39 is 6.03 Å². The van der Waals surface area contributed by atoms with E-state index in [0.29, 0.717) is 5.82 Å². The summed E-state index contributed by atoms with van der Waals surface area (Å²) >= 11 is 0. The fraction of sp³-hybridized carbons (Fsp3) is 0.286. The Morgan fingerprint density at radius 2 is 2.00 bits per heavy atom. The second-order valence-electron chi connectivity index (χ2n) is 4.71. The fourth-order valence-electron chi connectivity index (χ4n) is 1.82. The van der Waals surface area contributed by atoms with Crippen molar-refractivity contribution in [2.45, 2.75) is 19.8 Å². The van der Waals surface area contributed by atoms with Crippen molar-refractivity contribution < 1.29 is 9.53 Å². The van der Waals surface area contributed by atoms with Crippen LogP contribution in [-0.2, 0) is 0 Å². The third kappa shape index (κ3) is 2.90. The minimum atomic E-state index is -0.616. The van der Waals surface area contributed by atoms with Crippen molar-refractivity contribution in [3.05, 3.63) is 36.0 Å². The molecule has 0 unspecified atom stereocenters. The van der Waals surface area contributed by atoms with Gasteiger partial charge in [-0.15, -0.1) is 0 Å². The molecule has 6 nitrogen and oxygen atoms in total. The molecule has 2 amide bonds. The molecule has 0 fully saturated rings. The molecule has 0 spiro atoms. The summed E-state index contributed by atoms with van der Waals surface area (Å²) in [5.74, 6) is 1.56. The summed E-state index contributed by atoms with van der Waals surface area (Å²) in [6, 6.07) is 8.60. The number of amides is 2. The summed E-state index contributed by atoms with van der Waals surface area (Å²) < 4.78 is 6.78.